The predicted octanol–water partition coefficient (Wildman–Crippen LogP) is 4.41. The van der Waals surface area contributed by atoms with Gasteiger partial charge in [0.05, 0.1) is 32.0 Å². The standard InChI is InChI=1S/C28H35N3O4/c1-5-35-28(33)24-11-8-9-15-30(24)18-27(32)31-25(22-10-6-7-12-26(22)34-4)17-23(29-31)21-14-13-19(2)16-20(21)3/h6-7,10,12-14,16,24-25H,5,8-9,11,15,17-18H2,1-4H3/t24-,25-/m1/s1. The molecule has 2 aliphatic heterocycles. The number of methoxy groups -OCH3 is 1. The molecule has 7 nitrogen and oxygen atoms in total. The summed E-state index contributed by atoms with van der Waals surface area (Å²) in [4.78, 5) is 28.2. The number of carbonyl (C=O) groups excluding carboxylic acids is 2. The third kappa shape index (κ3) is 5.40. The van der Waals surface area contributed by atoms with E-state index in [1.165, 1.54) is 5.56 Å². The molecule has 1 fully saturated rings. The van der Waals surface area contributed by atoms with E-state index in [9.17, 15) is 9.59 Å². The summed E-state index contributed by atoms with van der Waals surface area (Å²) in [5.74, 6) is 0.355. The molecule has 0 saturated carbocycles. The number of rotatable bonds is 7. The summed E-state index contributed by atoms with van der Waals surface area (Å²) in [6, 6.07) is 13.4. The number of hydrazone groups is 1. The summed E-state index contributed by atoms with van der Waals surface area (Å²) >= 11 is 0. The van der Waals surface area contributed by atoms with Crippen molar-refractivity contribution < 1.29 is 19.1 Å². The molecular formula is C28H35N3O4. The zero-order valence-corrected chi connectivity index (χ0v) is 21.1. The second-order valence-electron chi connectivity index (χ2n) is 9.30. The minimum Gasteiger partial charge on any atom is -0.496 e. The van der Waals surface area contributed by atoms with Crippen molar-refractivity contribution in [3.63, 3.8) is 0 Å². The van der Waals surface area contributed by atoms with Crippen LogP contribution in [0.15, 0.2) is 47.6 Å². The van der Waals surface area contributed by atoms with Crippen molar-refractivity contribution >= 4 is 17.6 Å². The molecule has 0 radical (unpaired) electrons. The molecule has 0 spiro atoms. The third-order valence-electron chi connectivity index (χ3n) is 6.87. The van der Waals surface area contributed by atoms with E-state index in [1.54, 1.807) is 12.1 Å². The Morgan fingerprint density at radius 1 is 1.11 bits per heavy atom. The first-order chi connectivity index (χ1) is 16.9. The molecular weight excluding hydrogens is 442 g/mol. The average Bonchev–Trinajstić information content (AvgIpc) is 3.29. The molecule has 1 saturated heterocycles. The van der Waals surface area contributed by atoms with Crippen LogP contribution >= 0.6 is 0 Å². The van der Waals surface area contributed by atoms with Crippen molar-refractivity contribution in [1.29, 1.82) is 0 Å². The van der Waals surface area contributed by atoms with Crippen LogP contribution in [-0.4, -0.2) is 60.3 Å². The van der Waals surface area contributed by atoms with Crippen molar-refractivity contribution in [1.82, 2.24) is 9.91 Å². The van der Waals surface area contributed by atoms with E-state index in [4.69, 9.17) is 14.6 Å². The number of aryl methyl sites for hydroxylation is 2. The topological polar surface area (TPSA) is 71.4 Å². The number of carbonyl (C=O) groups is 2. The van der Waals surface area contributed by atoms with E-state index < -0.39 is 0 Å². The van der Waals surface area contributed by atoms with E-state index in [-0.39, 0.29) is 30.5 Å². The number of amides is 1. The molecule has 2 heterocycles. The quantitative estimate of drug-likeness (QED) is 0.553. The van der Waals surface area contributed by atoms with Gasteiger partial charge in [0.25, 0.3) is 5.91 Å². The van der Waals surface area contributed by atoms with Crippen LogP contribution in [0.4, 0.5) is 0 Å². The average molecular weight is 478 g/mol. The van der Waals surface area contributed by atoms with Crippen molar-refractivity contribution in [3.05, 3.63) is 64.7 Å². The minimum atomic E-state index is -0.386. The number of ether oxygens (including phenoxy) is 2. The predicted molar refractivity (Wildman–Crippen MR) is 135 cm³/mol. The highest BCUT2D eigenvalue weighted by Crippen LogP contribution is 2.38. The molecule has 35 heavy (non-hydrogen) atoms. The number of nitrogens with zero attached hydrogens (tertiary/aromatic N) is 3. The lowest BCUT2D eigenvalue weighted by Gasteiger charge is -2.34. The Morgan fingerprint density at radius 2 is 1.91 bits per heavy atom. The van der Waals surface area contributed by atoms with Gasteiger partial charge in [0.2, 0.25) is 0 Å². The van der Waals surface area contributed by atoms with Gasteiger partial charge in [-0.25, -0.2) is 5.01 Å². The van der Waals surface area contributed by atoms with Crippen LogP contribution in [0, 0.1) is 13.8 Å². The maximum absolute atomic E-state index is 13.7. The number of likely N-dealkylation sites (tertiary alicyclic amines) is 1. The first-order valence-corrected chi connectivity index (χ1v) is 12.4. The highest BCUT2D eigenvalue weighted by Gasteiger charge is 2.38. The Balaban J connectivity index is 1.65. The number of hydrogen-bond acceptors (Lipinski definition) is 6. The molecule has 0 N–H and O–H groups in total. The van der Waals surface area contributed by atoms with E-state index in [0.29, 0.717) is 26.0 Å². The highest BCUT2D eigenvalue weighted by atomic mass is 16.5. The summed E-state index contributed by atoms with van der Waals surface area (Å²) in [6.45, 7) is 7.10. The van der Waals surface area contributed by atoms with Gasteiger partial charge in [0.1, 0.15) is 11.8 Å². The molecule has 7 heteroatoms. The summed E-state index contributed by atoms with van der Waals surface area (Å²) in [5.41, 5.74) is 5.18. The smallest absolute Gasteiger partial charge is 0.323 e. The largest absolute Gasteiger partial charge is 0.496 e. The van der Waals surface area contributed by atoms with Crippen LogP contribution in [-0.2, 0) is 14.3 Å². The SMILES string of the molecule is CCOC(=O)[C@H]1CCCCN1CC(=O)N1N=C(c2ccc(C)cc2C)C[C@@H]1c1ccccc1OC. The van der Waals surface area contributed by atoms with Crippen molar-refractivity contribution in [2.24, 2.45) is 5.10 Å². The van der Waals surface area contributed by atoms with E-state index >= 15 is 0 Å². The van der Waals surface area contributed by atoms with Crippen molar-refractivity contribution in [2.75, 3.05) is 26.8 Å². The molecule has 186 valence electrons. The number of esters is 1. The Morgan fingerprint density at radius 3 is 2.66 bits per heavy atom. The van der Waals surface area contributed by atoms with Gasteiger partial charge in [-0.2, -0.15) is 5.10 Å². The molecule has 0 unspecified atom stereocenters. The minimum absolute atomic E-state index is 0.124. The summed E-state index contributed by atoms with van der Waals surface area (Å²) in [6.07, 6.45) is 3.21. The molecule has 2 aliphatic rings. The first-order valence-electron chi connectivity index (χ1n) is 12.4. The molecule has 0 aliphatic carbocycles. The lowest BCUT2D eigenvalue weighted by Crippen LogP contribution is -2.49. The van der Waals surface area contributed by atoms with Gasteiger partial charge in [-0.05, 0) is 51.8 Å². The fraction of sp³-hybridized carbons (Fsp3) is 0.464. The Labute approximate surface area is 207 Å². The van der Waals surface area contributed by atoms with Crippen LogP contribution in [0.3, 0.4) is 0 Å². The fourth-order valence-electron chi connectivity index (χ4n) is 5.16. The molecule has 1 amide bonds. The monoisotopic (exact) mass is 477 g/mol. The van der Waals surface area contributed by atoms with Gasteiger partial charge in [-0.1, -0.05) is 48.4 Å². The highest BCUT2D eigenvalue weighted by molar-refractivity contribution is 6.04. The number of para-hydroxylation sites is 1. The van der Waals surface area contributed by atoms with Gasteiger partial charge in [0.15, 0.2) is 0 Å². The van der Waals surface area contributed by atoms with Crippen LogP contribution in [0.5, 0.6) is 5.75 Å². The second-order valence-corrected chi connectivity index (χ2v) is 9.30. The maximum Gasteiger partial charge on any atom is 0.323 e. The Hall–Kier alpha value is -3.19. The van der Waals surface area contributed by atoms with Crippen LogP contribution in [0.1, 0.15) is 60.9 Å². The molecule has 2 aromatic rings. The fourth-order valence-corrected chi connectivity index (χ4v) is 5.16. The number of piperidine rings is 1. The van der Waals surface area contributed by atoms with Gasteiger partial charge in [-0.15, -0.1) is 0 Å². The summed E-state index contributed by atoms with van der Waals surface area (Å²) in [5, 5.41) is 6.46. The van der Waals surface area contributed by atoms with E-state index in [0.717, 1.165) is 41.0 Å². The third-order valence-corrected chi connectivity index (χ3v) is 6.87. The lowest BCUT2D eigenvalue weighted by molar-refractivity contribution is -0.152. The zero-order valence-electron chi connectivity index (χ0n) is 21.1. The Kier molecular flexibility index (Phi) is 7.86. The van der Waals surface area contributed by atoms with Crippen LogP contribution < -0.4 is 4.74 Å². The lowest BCUT2D eigenvalue weighted by atomic mass is 9.94. The van der Waals surface area contributed by atoms with Crippen molar-refractivity contribution in [3.8, 4) is 5.75 Å². The zero-order chi connectivity index (χ0) is 24.9. The second kappa shape index (κ2) is 11.0. The summed E-state index contributed by atoms with van der Waals surface area (Å²) in [7, 11) is 1.64. The maximum atomic E-state index is 13.7. The molecule has 2 aromatic carbocycles. The van der Waals surface area contributed by atoms with E-state index in [2.05, 4.69) is 32.0 Å². The first kappa shape index (κ1) is 24.9. The van der Waals surface area contributed by atoms with E-state index in [1.807, 2.05) is 36.1 Å². The number of benzene rings is 2. The molecule has 4 rings (SSSR count). The van der Waals surface area contributed by atoms with Crippen LogP contribution in [0.2, 0.25) is 0 Å². The molecule has 2 atom stereocenters. The van der Waals surface area contributed by atoms with Gasteiger partial charge >= 0.3 is 5.97 Å². The Bertz CT molecular complexity index is 1110. The molecule has 0 aromatic heterocycles. The molecule has 0 bridgehead atoms. The normalized spacial score (nSPS) is 20.5. The van der Waals surface area contributed by atoms with Gasteiger partial charge in [-0.3, -0.25) is 14.5 Å². The van der Waals surface area contributed by atoms with Gasteiger partial charge in [0, 0.05) is 17.5 Å². The van der Waals surface area contributed by atoms with Crippen LogP contribution in [0.25, 0.3) is 0 Å². The van der Waals surface area contributed by atoms with Crippen molar-refractivity contribution in [2.45, 2.75) is 58.5 Å². The summed E-state index contributed by atoms with van der Waals surface area (Å²) < 4.78 is 10.9. The number of hydrogen-bond donors (Lipinski definition) is 0. The van der Waals surface area contributed by atoms with Gasteiger partial charge < -0.3 is 9.47 Å².